The predicted molar refractivity (Wildman–Crippen MR) is 63.6 cm³/mol. The number of primary amides is 1. The molecule has 7 heteroatoms. The summed E-state index contributed by atoms with van der Waals surface area (Å²) in [5.74, 6) is 0.281. The number of furan rings is 1. The number of amides is 3. The Morgan fingerprint density at radius 1 is 1.56 bits per heavy atom. The summed E-state index contributed by atoms with van der Waals surface area (Å²) in [6.45, 7) is 1.53. The van der Waals surface area contributed by atoms with Gasteiger partial charge >= 0.3 is 6.03 Å². The van der Waals surface area contributed by atoms with Gasteiger partial charge in [-0.3, -0.25) is 15.0 Å². The first-order valence-electron chi connectivity index (χ1n) is 5.44. The van der Waals surface area contributed by atoms with Gasteiger partial charge in [-0.25, -0.2) is 4.79 Å². The van der Waals surface area contributed by atoms with E-state index >= 15 is 0 Å². The molecule has 1 aromatic heterocycles. The second kappa shape index (κ2) is 7.46. The Morgan fingerprint density at radius 2 is 2.33 bits per heavy atom. The number of nitrogens with two attached hydrogens (primary N) is 1. The minimum atomic E-state index is -0.857. The summed E-state index contributed by atoms with van der Waals surface area (Å²) in [5, 5.41) is 2.02. The van der Waals surface area contributed by atoms with Crippen molar-refractivity contribution in [1.29, 1.82) is 0 Å². The second-order valence-electron chi connectivity index (χ2n) is 3.70. The zero-order valence-electron chi connectivity index (χ0n) is 10.2. The molecule has 0 saturated carbocycles. The summed E-state index contributed by atoms with van der Waals surface area (Å²) >= 11 is 0. The molecule has 3 amide bonds. The van der Waals surface area contributed by atoms with Crippen molar-refractivity contribution in [3.63, 3.8) is 0 Å². The highest BCUT2D eigenvalue weighted by molar-refractivity contribution is 5.94. The van der Waals surface area contributed by atoms with Gasteiger partial charge in [-0.2, -0.15) is 0 Å². The van der Waals surface area contributed by atoms with Crippen molar-refractivity contribution >= 4 is 11.9 Å². The fraction of sp³-hybridized carbons (Fsp3) is 0.455. The number of urea groups is 1. The lowest BCUT2D eigenvalue weighted by molar-refractivity contribution is -0.121. The molecule has 0 atom stereocenters. The van der Waals surface area contributed by atoms with Crippen LogP contribution in [0.4, 0.5) is 4.79 Å². The van der Waals surface area contributed by atoms with Gasteiger partial charge in [-0.05, 0) is 12.1 Å². The number of nitrogens with one attached hydrogen (secondary N) is 1. The topological polar surface area (TPSA) is 97.8 Å². The van der Waals surface area contributed by atoms with Crippen molar-refractivity contribution < 1.29 is 18.7 Å². The van der Waals surface area contributed by atoms with Crippen LogP contribution in [0.15, 0.2) is 22.8 Å². The lowest BCUT2D eigenvalue weighted by Crippen LogP contribution is -2.42. The molecule has 0 unspecified atom stereocenters. The quantitative estimate of drug-likeness (QED) is 0.710. The van der Waals surface area contributed by atoms with Gasteiger partial charge in [0.05, 0.1) is 26.0 Å². The summed E-state index contributed by atoms with van der Waals surface area (Å²) in [6, 6.07) is 2.73. The molecule has 0 saturated heterocycles. The molecule has 3 N–H and O–H groups in total. The SMILES string of the molecule is COCCN(CC(=O)NC(N)=O)Cc1ccco1. The van der Waals surface area contributed by atoms with E-state index in [-0.39, 0.29) is 6.54 Å². The second-order valence-corrected chi connectivity index (χ2v) is 3.70. The average Bonchev–Trinajstić information content (AvgIpc) is 2.77. The Morgan fingerprint density at radius 3 is 2.89 bits per heavy atom. The van der Waals surface area contributed by atoms with Crippen LogP contribution in [0.2, 0.25) is 0 Å². The number of ether oxygens (including phenoxy) is 1. The molecule has 18 heavy (non-hydrogen) atoms. The molecule has 0 aliphatic carbocycles. The van der Waals surface area contributed by atoms with Gasteiger partial charge < -0.3 is 14.9 Å². The predicted octanol–water partition coefficient (Wildman–Crippen LogP) is -0.0771. The Labute approximate surface area is 105 Å². The van der Waals surface area contributed by atoms with E-state index in [2.05, 4.69) is 0 Å². The molecule has 0 radical (unpaired) electrons. The van der Waals surface area contributed by atoms with Gasteiger partial charge in [-0.15, -0.1) is 0 Å². The van der Waals surface area contributed by atoms with Crippen LogP contribution in [0.1, 0.15) is 5.76 Å². The van der Waals surface area contributed by atoms with Crippen LogP contribution in [0.25, 0.3) is 0 Å². The van der Waals surface area contributed by atoms with E-state index in [1.165, 1.54) is 0 Å². The molecule has 0 aliphatic rings. The zero-order valence-corrected chi connectivity index (χ0v) is 10.2. The average molecular weight is 255 g/mol. The van der Waals surface area contributed by atoms with E-state index in [1.54, 1.807) is 24.3 Å². The van der Waals surface area contributed by atoms with Crippen molar-refractivity contribution in [2.24, 2.45) is 5.73 Å². The third-order valence-electron chi connectivity index (χ3n) is 2.20. The first-order chi connectivity index (χ1) is 8.61. The molecule has 100 valence electrons. The highest BCUT2D eigenvalue weighted by atomic mass is 16.5. The van der Waals surface area contributed by atoms with Crippen molar-refractivity contribution in [2.45, 2.75) is 6.54 Å². The Balaban J connectivity index is 2.49. The van der Waals surface area contributed by atoms with Crippen LogP contribution in [-0.4, -0.2) is 43.6 Å². The van der Waals surface area contributed by atoms with E-state index in [0.29, 0.717) is 19.7 Å². The standard InChI is InChI=1S/C11H17N3O4/c1-17-6-4-14(7-9-3-2-5-18-9)8-10(15)13-11(12)16/h2-3,5H,4,6-8H2,1H3,(H3,12,13,15,16). The number of hydrogen-bond donors (Lipinski definition) is 2. The van der Waals surface area contributed by atoms with Gasteiger partial charge in [0.2, 0.25) is 5.91 Å². The number of carbonyl (C=O) groups excluding carboxylic acids is 2. The molecule has 0 aliphatic heterocycles. The van der Waals surface area contributed by atoms with Crippen LogP contribution in [0, 0.1) is 0 Å². The minimum Gasteiger partial charge on any atom is -0.468 e. The summed E-state index contributed by atoms with van der Waals surface area (Å²) < 4.78 is 10.2. The molecule has 1 heterocycles. The highest BCUT2D eigenvalue weighted by Gasteiger charge is 2.13. The van der Waals surface area contributed by atoms with E-state index < -0.39 is 11.9 Å². The molecule has 0 bridgehead atoms. The molecular formula is C11H17N3O4. The molecule has 0 spiro atoms. The fourth-order valence-electron chi connectivity index (χ4n) is 1.44. The van der Waals surface area contributed by atoms with E-state index in [4.69, 9.17) is 14.9 Å². The monoisotopic (exact) mass is 255 g/mol. The number of methoxy groups -OCH3 is 1. The van der Waals surface area contributed by atoms with Gasteiger partial charge in [0.1, 0.15) is 5.76 Å². The molecule has 1 rings (SSSR count). The number of hydrogen-bond acceptors (Lipinski definition) is 5. The number of nitrogens with zero attached hydrogens (tertiary/aromatic N) is 1. The minimum absolute atomic E-state index is 0.0486. The lowest BCUT2D eigenvalue weighted by Gasteiger charge is -2.19. The summed E-state index contributed by atoms with van der Waals surface area (Å²) in [4.78, 5) is 23.8. The summed E-state index contributed by atoms with van der Waals surface area (Å²) in [5.41, 5.74) is 4.87. The van der Waals surface area contributed by atoms with Gasteiger partial charge in [0.15, 0.2) is 0 Å². The largest absolute Gasteiger partial charge is 0.468 e. The summed E-state index contributed by atoms with van der Waals surface area (Å²) in [6.07, 6.45) is 1.56. The summed E-state index contributed by atoms with van der Waals surface area (Å²) in [7, 11) is 1.58. The Bertz CT molecular complexity index is 378. The van der Waals surface area contributed by atoms with Crippen molar-refractivity contribution in [3.05, 3.63) is 24.2 Å². The number of carbonyl (C=O) groups is 2. The maximum Gasteiger partial charge on any atom is 0.318 e. The van der Waals surface area contributed by atoms with Crippen LogP contribution in [-0.2, 0) is 16.1 Å². The van der Waals surface area contributed by atoms with Crippen LogP contribution < -0.4 is 11.1 Å². The maximum atomic E-state index is 11.4. The lowest BCUT2D eigenvalue weighted by atomic mass is 10.3. The van der Waals surface area contributed by atoms with Crippen molar-refractivity contribution in [3.8, 4) is 0 Å². The fourth-order valence-corrected chi connectivity index (χ4v) is 1.44. The van der Waals surface area contributed by atoms with Crippen molar-refractivity contribution in [2.75, 3.05) is 26.8 Å². The first-order valence-corrected chi connectivity index (χ1v) is 5.44. The molecule has 1 aromatic rings. The van der Waals surface area contributed by atoms with Crippen LogP contribution in [0.3, 0.4) is 0 Å². The smallest absolute Gasteiger partial charge is 0.318 e. The maximum absolute atomic E-state index is 11.4. The Hall–Kier alpha value is -1.86. The molecule has 0 aromatic carbocycles. The van der Waals surface area contributed by atoms with Crippen molar-refractivity contribution in [1.82, 2.24) is 10.2 Å². The van der Waals surface area contributed by atoms with E-state index in [1.807, 2.05) is 11.4 Å². The highest BCUT2D eigenvalue weighted by Crippen LogP contribution is 2.04. The van der Waals surface area contributed by atoms with Gasteiger partial charge in [-0.1, -0.05) is 0 Å². The third-order valence-corrected chi connectivity index (χ3v) is 2.20. The zero-order chi connectivity index (χ0) is 13.4. The normalized spacial score (nSPS) is 10.6. The van der Waals surface area contributed by atoms with Crippen LogP contribution >= 0.6 is 0 Å². The van der Waals surface area contributed by atoms with E-state index in [0.717, 1.165) is 5.76 Å². The van der Waals surface area contributed by atoms with E-state index in [9.17, 15) is 9.59 Å². The Kier molecular flexibility index (Phi) is 5.89. The number of rotatable bonds is 7. The van der Waals surface area contributed by atoms with Crippen LogP contribution in [0.5, 0.6) is 0 Å². The molecule has 0 fully saturated rings. The first kappa shape index (κ1) is 14.2. The third kappa shape index (κ3) is 5.46. The molecule has 7 nitrogen and oxygen atoms in total. The molecular weight excluding hydrogens is 238 g/mol. The van der Waals surface area contributed by atoms with Gasteiger partial charge in [0, 0.05) is 13.7 Å². The van der Waals surface area contributed by atoms with Gasteiger partial charge in [0.25, 0.3) is 0 Å². The number of imide groups is 1.